The quantitative estimate of drug-likeness (QED) is 0.797. The van der Waals surface area contributed by atoms with E-state index in [9.17, 15) is 0 Å². The number of rotatable bonds is 1. The fraction of sp³-hybridized carbons (Fsp3) is 0.615. The molecule has 2 rings (SSSR count). The zero-order valence-corrected chi connectivity index (χ0v) is 12.1. The van der Waals surface area contributed by atoms with Crippen LogP contribution in [0.2, 0.25) is 5.15 Å². The van der Waals surface area contributed by atoms with Gasteiger partial charge in [-0.1, -0.05) is 11.6 Å². The monoisotopic (exact) mass is 269 g/mol. The van der Waals surface area contributed by atoms with Gasteiger partial charge >= 0.3 is 0 Å². The third-order valence-corrected chi connectivity index (χ3v) is 3.08. The summed E-state index contributed by atoms with van der Waals surface area (Å²) in [6.45, 7) is 9.77. The average Bonchev–Trinajstić information content (AvgIpc) is 2.17. The highest BCUT2D eigenvalue weighted by Gasteiger charge is 2.39. The van der Waals surface area contributed by atoms with Gasteiger partial charge in [-0.25, -0.2) is 4.98 Å². The van der Waals surface area contributed by atoms with E-state index in [1.165, 1.54) is 0 Å². The Bertz CT molecular complexity index is 444. The van der Waals surface area contributed by atoms with Crippen LogP contribution in [-0.4, -0.2) is 29.3 Å². The first-order valence-electron chi connectivity index (χ1n) is 6.06. The number of aromatic nitrogens is 1. The van der Waals surface area contributed by atoms with Gasteiger partial charge in [0.2, 0.25) is 0 Å². The molecule has 2 N–H and O–H groups in total. The molecule has 0 amide bonds. The second kappa shape index (κ2) is 4.28. The number of nitrogen functional groups attached to an aromatic ring is 1. The van der Waals surface area contributed by atoms with Gasteiger partial charge < -0.3 is 15.4 Å². The van der Waals surface area contributed by atoms with Gasteiger partial charge in [-0.2, -0.15) is 0 Å². The second-order valence-electron chi connectivity index (χ2n) is 6.02. The molecule has 4 nitrogen and oxygen atoms in total. The zero-order chi connectivity index (χ0) is 13.6. The van der Waals surface area contributed by atoms with E-state index >= 15 is 0 Å². The van der Waals surface area contributed by atoms with E-state index in [0.29, 0.717) is 10.8 Å². The van der Waals surface area contributed by atoms with Crippen molar-refractivity contribution in [1.82, 2.24) is 4.98 Å². The number of hydrogen-bond donors (Lipinski definition) is 1. The molecule has 1 aliphatic rings. The van der Waals surface area contributed by atoms with Crippen molar-refractivity contribution < 1.29 is 4.74 Å². The first-order valence-corrected chi connectivity index (χ1v) is 6.43. The number of hydrogen-bond acceptors (Lipinski definition) is 4. The van der Waals surface area contributed by atoms with E-state index in [-0.39, 0.29) is 11.2 Å². The summed E-state index contributed by atoms with van der Waals surface area (Å²) in [4.78, 5) is 6.48. The second-order valence-corrected chi connectivity index (χ2v) is 6.41. The number of halogens is 1. The minimum atomic E-state index is -0.238. The van der Waals surface area contributed by atoms with Crippen molar-refractivity contribution >= 4 is 23.1 Å². The Labute approximate surface area is 113 Å². The van der Waals surface area contributed by atoms with Crippen LogP contribution >= 0.6 is 11.6 Å². The van der Waals surface area contributed by atoms with Gasteiger partial charge in [-0.3, -0.25) is 0 Å². The lowest BCUT2D eigenvalue weighted by molar-refractivity contribution is -0.133. The van der Waals surface area contributed by atoms with Crippen molar-refractivity contribution in [3.05, 3.63) is 17.3 Å². The highest BCUT2D eigenvalue weighted by atomic mass is 35.5. The lowest BCUT2D eigenvalue weighted by Gasteiger charge is -2.47. The topological polar surface area (TPSA) is 51.4 Å². The lowest BCUT2D eigenvalue weighted by Crippen LogP contribution is -2.57. The standard InChI is InChI=1S/C13H20ClN3O/c1-12(2)7-17(8-13(3,4)18-12)11-9(15)5-6-10(14)16-11/h5-6H,7-8,15H2,1-4H3. The summed E-state index contributed by atoms with van der Waals surface area (Å²) in [7, 11) is 0. The molecule has 1 saturated heterocycles. The van der Waals surface area contributed by atoms with Crippen molar-refractivity contribution in [2.45, 2.75) is 38.9 Å². The smallest absolute Gasteiger partial charge is 0.153 e. The van der Waals surface area contributed by atoms with Gasteiger partial charge in [0.15, 0.2) is 5.82 Å². The van der Waals surface area contributed by atoms with Crippen LogP contribution in [0.25, 0.3) is 0 Å². The molecular weight excluding hydrogens is 250 g/mol. The predicted molar refractivity (Wildman–Crippen MR) is 75.1 cm³/mol. The summed E-state index contributed by atoms with van der Waals surface area (Å²) < 4.78 is 6.04. The minimum Gasteiger partial charge on any atom is -0.396 e. The van der Waals surface area contributed by atoms with E-state index in [2.05, 4.69) is 37.6 Å². The zero-order valence-electron chi connectivity index (χ0n) is 11.3. The van der Waals surface area contributed by atoms with Gasteiger partial charge in [0.05, 0.1) is 16.9 Å². The molecule has 0 bridgehead atoms. The number of pyridine rings is 1. The van der Waals surface area contributed by atoms with Gasteiger partial charge in [0.1, 0.15) is 5.15 Å². The highest BCUT2D eigenvalue weighted by molar-refractivity contribution is 6.29. The van der Waals surface area contributed by atoms with Crippen molar-refractivity contribution in [3.63, 3.8) is 0 Å². The Morgan fingerprint density at radius 1 is 1.22 bits per heavy atom. The fourth-order valence-corrected chi connectivity index (χ4v) is 2.77. The van der Waals surface area contributed by atoms with Crippen LogP contribution in [0.3, 0.4) is 0 Å². The van der Waals surface area contributed by atoms with Crippen LogP contribution in [-0.2, 0) is 4.74 Å². The normalized spacial score (nSPS) is 21.9. The molecule has 100 valence electrons. The molecule has 0 aliphatic carbocycles. The Hall–Kier alpha value is -1.00. The van der Waals surface area contributed by atoms with Crippen LogP contribution in [0.4, 0.5) is 11.5 Å². The minimum absolute atomic E-state index is 0.238. The Morgan fingerprint density at radius 3 is 2.33 bits per heavy atom. The van der Waals surface area contributed by atoms with Gasteiger partial charge in [0, 0.05) is 13.1 Å². The number of nitrogens with two attached hydrogens (primary N) is 1. The Morgan fingerprint density at radius 2 is 1.78 bits per heavy atom. The SMILES string of the molecule is CC1(C)CN(c2nc(Cl)ccc2N)CC(C)(C)O1. The molecule has 1 aromatic heterocycles. The molecule has 5 heteroatoms. The maximum atomic E-state index is 6.04. The Kier molecular flexibility index (Phi) is 3.19. The third-order valence-electron chi connectivity index (χ3n) is 2.87. The summed E-state index contributed by atoms with van der Waals surface area (Å²) in [5.41, 5.74) is 6.16. The van der Waals surface area contributed by atoms with Crippen molar-refractivity contribution in [1.29, 1.82) is 0 Å². The summed E-state index contributed by atoms with van der Waals surface area (Å²) in [5, 5.41) is 0.460. The molecule has 0 spiro atoms. The van der Waals surface area contributed by atoms with Crippen molar-refractivity contribution in [2.24, 2.45) is 0 Å². The van der Waals surface area contributed by atoms with Crippen LogP contribution < -0.4 is 10.6 Å². The Balaban J connectivity index is 2.35. The van der Waals surface area contributed by atoms with E-state index in [1.54, 1.807) is 12.1 Å². The van der Waals surface area contributed by atoms with E-state index in [0.717, 1.165) is 18.9 Å². The largest absolute Gasteiger partial charge is 0.396 e. The van der Waals surface area contributed by atoms with Crippen LogP contribution in [0.15, 0.2) is 12.1 Å². The number of ether oxygens (including phenoxy) is 1. The first-order chi connectivity index (χ1) is 8.19. The van der Waals surface area contributed by atoms with Crippen LogP contribution in [0.1, 0.15) is 27.7 Å². The summed E-state index contributed by atoms with van der Waals surface area (Å²) >= 11 is 5.95. The van der Waals surface area contributed by atoms with Crippen LogP contribution in [0.5, 0.6) is 0 Å². The molecule has 0 unspecified atom stereocenters. The average molecular weight is 270 g/mol. The van der Waals surface area contributed by atoms with Crippen molar-refractivity contribution in [2.75, 3.05) is 23.7 Å². The molecule has 0 saturated carbocycles. The molecule has 1 fully saturated rings. The third kappa shape index (κ3) is 2.87. The molecule has 1 aliphatic heterocycles. The number of nitrogens with zero attached hydrogens (tertiary/aromatic N) is 2. The van der Waals surface area contributed by atoms with Crippen LogP contribution in [0, 0.1) is 0 Å². The number of anilines is 2. The van der Waals surface area contributed by atoms with Crippen molar-refractivity contribution in [3.8, 4) is 0 Å². The predicted octanol–water partition coefficient (Wildman–Crippen LogP) is 2.71. The first kappa shape index (κ1) is 13.4. The summed E-state index contributed by atoms with van der Waals surface area (Å²) in [5.74, 6) is 0.743. The molecule has 0 radical (unpaired) electrons. The fourth-order valence-electron chi connectivity index (χ4n) is 2.63. The maximum absolute atomic E-state index is 6.04. The highest BCUT2D eigenvalue weighted by Crippen LogP contribution is 2.33. The summed E-state index contributed by atoms with van der Waals surface area (Å²) in [6, 6.07) is 3.50. The molecule has 1 aromatic rings. The molecule has 0 atom stereocenters. The van der Waals surface area contributed by atoms with Gasteiger partial charge in [0.25, 0.3) is 0 Å². The molecule has 18 heavy (non-hydrogen) atoms. The molecule has 2 heterocycles. The molecular formula is C13H20ClN3O. The summed E-state index contributed by atoms with van der Waals surface area (Å²) in [6.07, 6.45) is 0. The van der Waals surface area contributed by atoms with E-state index in [4.69, 9.17) is 22.1 Å². The van der Waals surface area contributed by atoms with E-state index < -0.39 is 0 Å². The lowest BCUT2D eigenvalue weighted by atomic mass is 9.99. The van der Waals surface area contributed by atoms with Gasteiger partial charge in [-0.05, 0) is 39.8 Å². The maximum Gasteiger partial charge on any atom is 0.153 e. The molecule has 0 aromatic carbocycles. The number of morpholine rings is 1. The van der Waals surface area contributed by atoms with Gasteiger partial charge in [-0.15, -0.1) is 0 Å². The van der Waals surface area contributed by atoms with E-state index in [1.807, 2.05) is 0 Å².